The van der Waals surface area contributed by atoms with Crippen molar-refractivity contribution in [3.05, 3.63) is 46.9 Å². The van der Waals surface area contributed by atoms with Crippen LogP contribution in [0.1, 0.15) is 6.92 Å². The predicted octanol–water partition coefficient (Wildman–Crippen LogP) is 2.16. The van der Waals surface area contributed by atoms with E-state index >= 15 is 0 Å². The lowest BCUT2D eigenvalue weighted by Gasteiger charge is -2.04. The van der Waals surface area contributed by atoms with E-state index in [0.717, 1.165) is 17.7 Å². The van der Waals surface area contributed by atoms with Gasteiger partial charge in [0, 0.05) is 18.7 Å². The first-order valence-corrected chi connectivity index (χ1v) is 6.38. The second-order valence-electron chi connectivity index (χ2n) is 4.32. The van der Waals surface area contributed by atoms with Crippen molar-refractivity contribution in [2.24, 2.45) is 0 Å². The topological polar surface area (TPSA) is 98.8 Å². The van der Waals surface area contributed by atoms with Crippen LogP contribution in [0.2, 0.25) is 0 Å². The number of fused-ring (bicyclic) bond motifs is 1. The maximum absolute atomic E-state index is 10.7. The van der Waals surface area contributed by atoms with E-state index in [-0.39, 0.29) is 5.69 Å². The van der Waals surface area contributed by atoms with Gasteiger partial charge in [-0.25, -0.2) is 14.6 Å². The Hall–Kier alpha value is -3.03. The van der Waals surface area contributed by atoms with Gasteiger partial charge < -0.3 is 5.32 Å². The minimum Gasteiger partial charge on any atom is -0.370 e. The summed E-state index contributed by atoms with van der Waals surface area (Å²) in [4.78, 5) is 18.7. The van der Waals surface area contributed by atoms with Crippen molar-refractivity contribution in [1.82, 2.24) is 19.7 Å². The summed E-state index contributed by atoms with van der Waals surface area (Å²) in [5, 5.41) is 18.9. The summed E-state index contributed by atoms with van der Waals surface area (Å²) in [6.07, 6.45) is 3.14. The van der Waals surface area contributed by atoms with Crippen molar-refractivity contribution >= 4 is 22.5 Å². The first-order valence-electron chi connectivity index (χ1n) is 6.38. The van der Waals surface area contributed by atoms with Crippen molar-refractivity contribution in [2.75, 3.05) is 11.9 Å². The number of nitrogens with zero attached hydrogens (tertiary/aromatic N) is 5. The van der Waals surface area contributed by atoms with Gasteiger partial charge in [-0.1, -0.05) is 0 Å². The molecule has 0 radical (unpaired) electrons. The van der Waals surface area contributed by atoms with Crippen molar-refractivity contribution < 1.29 is 4.92 Å². The Morgan fingerprint density at radius 2 is 2.05 bits per heavy atom. The zero-order valence-electron chi connectivity index (χ0n) is 11.2. The quantitative estimate of drug-likeness (QED) is 0.582. The molecule has 106 valence electrons. The third-order valence-corrected chi connectivity index (χ3v) is 3.02. The number of nitro benzene ring substituents is 1. The summed E-state index contributed by atoms with van der Waals surface area (Å²) in [6.45, 7) is 2.73. The van der Waals surface area contributed by atoms with Gasteiger partial charge in [0.1, 0.15) is 12.1 Å². The summed E-state index contributed by atoms with van der Waals surface area (Å²) >= 11 is 0. The normalized spacial score (nSPS) is 10.7. The molecule has 3 rings (SSSR count). The number of benzene rings is 1. The molecule has 0 amide bonds. The predicted molar refractivity (Wildman–Crippen MR) is 77.5 cm³/mol. The average molecular weight is 284 g/mol. The Bertz CT molecular complexity index is 796. The van der Waals surface area contributed by atoms with Gasteiger partial charge >= 0.3 is 0 Å². The largest absolute Gasteiger partial charge is 0.370 e. The smallest absolute Gasteiger partial charge is 0.269 e. The van der Waals surface area contributed by atoms with Crippen LogP contribution in [0.4, 0.5) is 11.5 Å². The summed E-state index contributed by atoms with van der Waals surface area (Å²) in [6, 6.07) is 6.16. The van der Waals surface area contributed by atoms with E-state index in [1.54, 1.807) is 23.0 Å². The zero-order chi connectivity index (χ0) is 14.8. The molecule has 0 atom stereocenters. The number of nitrogens with one attached hydrogen (secondary N) is 1. The highest BCUT2D eigenvalue weighted by Gasteiger charge is 2.11. The van der Waals surface area contributed by atoms with Crippen molar-refractivity contribution in [3.8, 4) is 5.69 Å². The Morgan fingerprint density at radius 3 is 2.71 bits per heavy atom. The fourth-order valence-corrected chi connectivity index (χ4v) is 2.06. The van der Waals surface area contributed by atoms with Crippen LogP contribution >= 0.6 is 0 Å². The van der Waals surface area contributed by atoms with Crippen LogP contribution in [0.25, 0.3) is 16.7 Å². The Balaban J connectivity index is 2.08. The maximum atomic E-state index is 10.7. The molecule has 0 fully saturated rings. The highest BCUT2D eigenvalue weighted by atomic mass is 16.6. The summed E-state index contributed by atoms with van der Waals surface area (Å²) in [5.74, 6) is 0.718. The van der Waals surface area contributed by atoms with Crippen LogP contribution in [-0.4, -0.2) is 31.2 Å². The Labute approximate surface area is 119 Å². The number of aromatic nitrogens is 4. The number of hydrogen-bond acceptors (Lipinski definition) is 6. The molecule has 8 heteroatoms. The van der Waals surface area contributed by atoms with Gasteiger partial charge in [0.15, 0.2) is 5.65 Å². The van der Waals surface area contributed by atoms with E-state index in [1.165, 1.54) is 18.5 Å². The molecule has 0 aliphatic rings. The standard InChI is InChI=1S/C13H12N6O2/c1-2-14-12-11-7-17-18(13(11)16-8-15-12)9-3-5-10(6-4-9)19(20)21/h3-8H,2H2,1H3,(H,14,15,16). The molecule has 0 saturated carbocycles. The van der Waals surface area contributed by atoms with Gasteiger partial charge in [0.2, 0.25) is 0 Å². The summed E-state index contributed by atoms with van der Waals surface area (Å²) in [5.41, 5.74) is 1.39. The van der Waals surface area contributed by atoms with Crippen LogP contribution in [0.5, 0.6) is 0 Å². The highest BCUT2D eigenvalue weighted by Crippen LogP contribution is 2.22. The minimum absolute atomic E-state index is 0.0400. The van der Waals surface area contributed by atoms with E-state index in [2.05, 4.69) is 20.4 Å². The lowest BCUT2D eigenvalue weighted by atomic mass is 10.3. The first kappa shape index (κ1) is 13.0. The fourth-order valence-electron chi connectivity index (χ4n) is 2.06. The van der Waals surface area contributed by atoms with Gasteiger partial charge in [-0.2, -0.15) is 5.10 Å². The molecule has 2 aromatic heterocycles. The second kappa shape index (κ2) is 5.16. The molecule has 2 heterocycles. The molecule has 0 saturated heterocycles. The molecule has 0 unspecified atom stereocenters. The van der Waals surface area contributed by atoms with Crippen LogP contribution in [0.3, 0.4) is 0 Å². The van der Waals surface area contributed by atoms with Crippen molar-refractivity contribution in [1.29, 1.82) is 0 Å². The first-order chi connectivity index (χ1) is 10.2. The molecule has 8 nitrogen and oxygen atoms in total. The van der Waals surface area contributed by atoms with E-state index in [9.17, 15) is 10.1 Å². The number of anilines is 1. The molecule has 0 bridgehead atoms. The number of rotatable bonds is 4. The van der Waals surface area contributed by atoms with Crippen molar-refractivity contribution in [3.63, 3.8) is 0 Å². The molecule has 1 N–H and O–H groups in total. The van der Waals surface area contributed by atoms with E-state index in [0.29, 0.717) is 11.3 Å². The second-order valence-corrected chi connectivity index (χ2v) is 4.32. The van der Waals surface area contributed by atoms with Gasteiger partial charge in [-0.3, -0.25) is 10.1 Å². The molecule has 1 aromatic carbocycles. The molecule has 0 aliphatic heterocycles. The van der Waals surface area contributed by atoms with Gasteiger partial charge in [0.25, 0.3) is 5.69 Å². The third kappa shape index (κ3) is 2.27. The monoisotopic (exact) mass is 284 g/mol. The number of hydrogen-bond donors (Lipinski definition) is 1. The Morgan fingerprint density at radius 1 is 1.29 bits per heavy atom. The lowest BCUT2D eigenvalue weighted by Crippen LogP contribution is -2.02. The Kier molecular flexibility index (Phi) is 3.19. The molecule has 0 spiro atoms. The average Bonchev–Trinajstić information content (AvgIpc) is 2.93. The number of nitro groups is 1. The van der Waals surface area contributed by atoms with Crippen LogP contribution < -0.4 is 5.32 Å². The van der Waals surface area contributed by atoms with Crippen molar-refractivity contribution in [2.45, 2.75) is 6.92 Å². The van der Waals surface area contributed by atoms with E-state index in [1.807, 2.05) is 6.92 Å². The maximum Gasteiger partial charge on any atom is 0.269 e. The lowest BCUT2D eigenvalue weighted by molar-refractivity contribution is -0.384. The van der Waals surface area contributed by atoms with Crippen LogP contribution in [0, 0.1) is 10.1 Å². The SMILES string of the molecule is CCNc1ncnc2c1cnn2-c1ccc([N+](=O)[O-])cc1. The molecule has 21 heavy (non-hydrogen) atoms. The molecular formula is C13H12N6O2. The molecular weight excluding hydrogens is 272 g/mol. The summed E-state index contributed by atoms with van der Waals surface area (Å²) in [7, 11) is 0. The molecule has 3 aromatic rings. The molecule has 0 aliphatic carbocycles. The zero-order valence-corrected chi connectivity index (χ0v) is 11.2. The summed E-state index contributed by atoms with van der Waals surface area (Å²) < 4.78 is 1.63. The van der Waals surface area contributed by atoms with Gasteiger partial charge in [-0.15, -0.1) is 0 Å². The number of non-ortho nitro benzene ring substituents is 1. The fraction of sp³-hybridized carbons (Fsp3) is 0.154. The van der Waals surface area contributed by atoms with Crippen LogP contribution in [0.15, 0.2) is 36.8 Å². The van der Waals surface area contributed by atoms with Crippen LogP contribution in [-0.2, 0) is 0 Å². The van der Waals surface area contributed by atoms with E-state index in [4.69, 9.17) is 0 Å². The van der Waals surface area contributed by atoms with Gasteiger partial charge in [0.05, 0.1) is 22.2 Å². The van der Waals surface area contributed by atoms with E-state index < -0.39 is 4.92 Å². The third-order valence-electron chi connectivity index (χ3n) is 3.02. The minimum atomic E-state index is -0.434. The van der Waals surface area contributed by atoms with Gasteiger partial charge in [-0.05, 0) is 19.1 Å². The highest BCUT2D eigenvalue weighted by molar-refractivity contribution is 5.87.